The van der Waals surface area contributed by atoms with Crippen molar-refractivity contribution in [3.05, 3.63) is 28.8 Å². The van der Waals surface area contributed by atoms with Gasteiger partial charge in [0.05, 0.1) is 12.1 Å². The lowest BCUT2D eigenvalue weighted by atomic mass is 10.1. The third kappa shape index (κ3) is 3.35. The van der Waals surface area contributed by atoms with Crippen LogP contribution in [0.5, 0.6) is 5.75 Å². The van der Waals surface area contributed by atoms with Gasteiger partial charge in [-0.1, -0.05) is 17.7 Å². The lowest BCUT2D eigenvalue weighted by Gasteiger charge is -2.30. The topological polar surface area (TPSA) is 38.5 Å². The summed E-state index contributed by atoms with van der Waals surface area (Å²) in [4.78, 5) is 2.38. The molecule has 2 N–H and O–H groups in total. The van der Waals surface area contributed by atoms with Gasteiger partial charge in [-0.2, -0.15) is 0 Å². The number of piperidine rings is 1. The van der Waals surface area contributed by atoms with Crippen molar-refractivity contribution in [3.63, 3.8) is 0 Å². The number of halogens is 1. The SMILES string of the molecule is COc1ccc(CN2CCCC(N)C2)cc1Cl. The van der Waals surface area contributed by atoms with Crippen LogP contribution in [0.25, 0.3) is 0 Å². The van der Waals surface area contributed by atoms with Crippen molar-refractivity contribution < 1.29 is 4.74 Å². The Balaban J connectivity index is 2.00. The van der Waals surface area contributed by atoms with Gasteiger partial charge in [0, 0.05) is 19.1 Å². The summed E-state index contributed by atoms with van der Waals surface area (Å²) in [6.07, 6.45) is 2.32. The third-order valence-corrected chi connectivity index (χ3v) is 3.46. The molecule has 1 aliphatic rings. The van der Waals surface area contributed by atoms with Gasteiger partial charge in [0.15, 0.2) is 0 Å². The van der Waals surface area contributed by atoms with E-state index in [1.165, 1.54) is 12.0 Å². The number of benzene rings is 1. The first-order chi connectivity index (χ1) is 8.19. The zero-order valence-corrected chi connectivity index (χ0v) is 10.9. The van der Waals surface area contributed by atoms with Crippen molar-refractivity contribution in [1.82, 2.24) is 4.90 Å². The van der Waals surface area contributed by atoms with Crippen LogP contribution in [-0.4, -0.2) is 31.1 Å². The van der Waals surface area contributed by atoms with Crippen LogP contribution in [0.15, 0.2) is 18.2 Å². The van der Waals surface area contributed by atoms with E-state index in [9.17, 15) is 0 Å². The van der Waals surface area contributed by atoms with Gasteiger partial charge in [0.1, 0.15) is 5.75 Å². The molecule has 0 radical (unpaired) electrons. The minimum Gasteiger partial charge on any atom is -0.495 e. The number of nitrogens with two attached hydrogens (primary N) is 1. The van der Waals surface area contributed by atoms with E-state index < -0.39 is 0 Å². The molecule has 1 heterocycles. The first-order valence-corrected chi connectivity index (χ1v) is 6.37. The second-order valence-corrected chi connectivity index (χ2v) is 5.01. The molecule has 1 aliphatic heterocycles. The molecule has 17 heavy (non-hydrogen) atoms. The first kappa shape index (κ1) is 12.7. The zero-order valence-electron chi connectivity index (χ0n) is 10.2. The summed E-state index contributed by atoms with van der Waals surface area (Å²) < 4.78 is 5.14. The van der Waals surface area contributed by atoms with E-state index in [0.29, 0.717) is 11.1 Å². The molecule has 1 aromatic carbocycles. The quantitative estimate of drug-likeness (QED) is 0.899. The summed E-state index contributed by atoms with van der Waals surface area (Å²) in [5.41, 5.74) is 7.18. The Hall–Kier alpha value is -0.770. The second kappa shape index (κ2) is 5.71. The largest absolute Gasteiger partial charge is 0.495 e. The monoisotopic (exact) mass is 254 g/mol. The lowest BCUT2D eigenvalue weighted by Crippen LogP contribution is -2.42. The van der Waals surface area contributed by atoms with E-state index in [1.54, 1.807) is 7.11 Å². The predicted molar refractivity (Wildman–Crippen MR) is 70.5 cm³/mol. The fourth-order valence-corrected chi connectivity index (χ4v) is 2.58. The van der Waals surface area contributed by atoms with Crippen LogP contribution in [0.1, 0.15) is 18.4 Å². The van der Waals surface area contributed by atoms with Gasteiger partial charge in [-0.15, -0.1) is 0 Å². The number of ether oxygens (including phenoxy) is 1. The molecule has 2 rings (SSSR count). The second-order valence-electron chi connectivity index (χ2n) is 4.61. The molecule has 0 aliphatic carbocycles. The van der Waals surface area contributed by atoms with Crippen LogP contribution in [-0.2, 0) is 6.54 Å². The number of nitrogens with zero attached hydrogens (tertiary/aromatic N) is 1. The lowest BCUT2D eigenvalue weighted by molar-refractivity contribution is 0.201. The molecule has 0 spiro atoms. The summed E-state index contributed by atoms with van der Waals surface area (Å²) in [6, 6.07) is 6.27. The van der Waals surface area contributed by atoms with Crippen molar-refractivity contribution in [2.24, 2.45) is 5.73 Å². The van der Waals surface area contributed by atoms with Crippen molar-refractivity contribution in [1.29, 1.82) is 0 Å². The van der Waals surface area contributed by atoms with Crippen molar-refractivity contribution in [2.75, 3.05) is 20.2 Å². The summed E-state index contributed by atoms with van der Waals surface area (Å²) in [5, 5.41) is 0.673. The number of hydrogen-bond donors (Lipinski definition) is 1. The molecule has 1 aromatic rings. The van der Waals surface area contributed by atoms with Crippen LogP contribution in [0, 0.1) is 0 Å². The van der Waals surface area contributed by atoms with Crippen molar-refractivity contribution >= 4 is 11.6 Å². The van der Waals surface area contributed by atoms with E-state index in [4.69, 9.17) is 22.1 Å². The normalized spacial score (nSPS) is 21.5. The zero-order chi connectivity index (χ0) is 12.3. The minimum atomic E-state index is 0.317. The van der Waals surface area contributed by atoms with E-state index in [1.807, 2.05) is 12.1 Å². The molecule has 94 valence electrons. The van der Waals surface area contributed by atoms with Gasteiger partial charge < -0.3 is 10.5 Å². The third-order valence-electron chi connectivity index (χ3n) is 3.16. The molecule has 0 bridgehead atoms. The van der Waals surface area contributed by atoms with Crippen LogP contribution in [0.2, 0.25) is 5.02 Å². The summed E-state index contributed by atoms with van der Waals surface area (Å²) in [5.74, 6) is 0.728. The Morgan fingerprint density at radius 1 is 1.53 bits per heavy atom. The maximum absolute atomic E-state index is 6.11. The van der Waals surface area contributed by atoms with Gasteiger partial charge in [-0.25, -0.2) is 0 Å². The average molecular weight is 255 g/mol. The highest BCUT2D eigenvalue weighted by molar-refractivity contribution is 6.32. The fraction of sp³-hybridized carbons (Fsp3) is 0.538. The Morgan fingerprint density at radius 3 is 3.00 bits per heavy atom. The van der Waals surface area contributed by atoms with Gasteiger partial charge in [-0.3, -0.25) is 4.90 Å². The fourth-order valence-electron chi connectivity index (χ4n) is 2.30. The molecular weight excluding hydrogens is 236 g/mol. The van der Waals surface area contributed by atoms with Crippen LogP contribution in [0.4, 0.5) is 0 Å². The summed E-state index contributed by atoms with van der Waals surface area (Å²) in [7, 11) is 1.63. The highest BCUT2D eigenvalue weighted by Gasteiger charge is 2.16. The van der Waals surface area contributed by atoms with Gasteiger partial charge in [0.25, 0.3) is 0 Å². The summed E-state index contributed by atoms with van der Waals surface area (Å²) >= 11 is 6.11. The standard InChI is InChI=1S/C13H19ClN2O/c1-17-13-5-4-10(7-12(13)14)8-16-6-2-3-11(15)9-16/h4-5,7,11H,2-3,6,8-9,15H2,1H3. The van der Waals surface area contributed by atoms with E-state index in [0.717, 1.165) is 31.8 Å². The average Bonchev–Trinajstić information content (AvgIpc) is 2.29. The molecule has 1 fully saturated rings. The summed E-state index contributed by atoms with van der Waals surface area (Å²) in [6.45, 7) is 3.01. The predicted octanol–water partition coefficient (Wildman–Crippen LogP) is 2.27. The highest BCUT2D eigenvalue weighted by atomic mass is 35.5. The van der Waals surface area contributed by atoms with E-state index >= 15 is 0 Å². The van der Waals surface area contributed by atoms with Gasteiger partial charge in [0.2, 0.25) is 0 Å². The number of rotatable bonds is 3. The Morgan fingerprint density at radius 2 is 2.35 bits per heavy atom. The highest BCUT2D eigenvalue weighted by Crippen LogP contribution is 2.25. The minimum absolute atomic E-state index is 0.317. The van der Waals surface area contributed by atoms with Crippen LogP contribution >= 0.6 is 11.6 Å². The van der Waals surface area contributed by atoms with E-state index in [2.05, 4.69) is 11.0 Å². The molecule has 3 nitrogen and oxygen atoms in total. The molecule has 0 saturated carbocycles. The van der Waals surface area contributed by atoms with Gasteiger partial charge in [-0.05, 0) is 37.1 Å². The van der Waals surface area contributed by atoms with Crippen molar-refractivity contribution in [3.8, 4) is 5.75 Å². The molecule has 1 atom stereocenters. The molecule has 0 aromatic heterocycles. The number of likely N-dealkylation sites (tertiary alicyclic amines) is 1. The van der Waals surface area contributed by atoms with Crippen molar-refractivity contribution in [2.45, 2.75) is 25.4 Å². The van der Waals surface area contributed by atoms with Crippen LogP contribution < -0.4 is 10.5 Å². The van der Waals surface area contributed by atoms with E-state index in [-0.39, 0.29) is 0 Å². The molecule has 0 amide bonds. The van der Waals surface area contributed by atoms with Crippen LogP contribution in [0.3, 0.4) is 0 Å². The number of methoxy groups -OCH3 is 1. The van der Waals surface area contributed by atoms with Gasteiger partial charge >= 0.3 is 0 Å². The Labute approximate surface area is 107 Å². The Bertz CT molecular complexity index is 384. The molecular formula is C13H19ClN2O. The first-order valence-electron chi connectivity index (χ1n) is 5.99. The smallest absolute Gasteiger partial charge is 0.137 e. The Kier molecular flexibility index (Phi) is 4.26. The molecule has 4 heteroatoms. The molecule has 1 saturated heterocycles. The maximum atomic E-state index is 6.11. The molecule has 1 unspecified atom stereocenters. The maximum Gasteiger partial charge on any atom is 0.137 e. The number of hydrogen-bond acceptors (Lipinski definition) is 3.